The van der Waals surface area contributed by atoms with Crippen molar-refractivity contribution in [2.24, 2.45) is 0 Å². The van der Waals surface area contributed by atoms with Gasteiger partial charge in [0.25, 0.3) is 0 Å². The van der Waals surface area contributed by atoms with Gasteiger partial charge in [0.15, 0.2) is 0 Å². The summed E-state index contributed by atoms with van der Waals surface area (Å²) in [6.45, 7) is 55.7. The van der Waals surface area contributed by atoms with E-state index in [9.17, 15) is 32.8 Å². The minimum Gasteiger partial charge on any atom is -0.744 e. The Morgan fingerprint density at radius 2 is 0.548 bits per heavy atom. The van der Waals surface area contributed by atoms with Crippen LogP contribution in [0.2, 0.25) is 0 Å². The number of hydrogen-bond acceptors (Lipinski definition) is 7. The summed E-state index contributed by atoms with van der Waals surface area (Å²) in [7, 11) is -4.95. The van der Waals surface area contributed by atoms with Gasteiger partial charge in [-0.05, 0) is 129 Å². The Balaban J connectivity index is -0.000000896. The van der Waals surface area contributed by atoms with Gasteiger partial charge in [-0.2, -0.15) is 0 Å². The second-order valence-corrected chi connectivity index (χ2v) is 25.0. The zero-order valence-corrected chi connectivity index (χ0v) is 52.5. The quantitative estimate of drug-likeness (QED) is 0.0473. The van der Waals surface area contributed by atoms with E-state index in [1.165, 1.54) is 226 Å². The standard InChI is InChI=1S/3C18H40N.C8H6O7S/c3*1-7-11-15-19(16-12-8-2,17-13-9-3)18(5,6)14-10-4;9-7(10)4-1-5(8(11)12)3-6(2-4)16(13,14)15/h3*7-17H2,1-6H3;1-3H,(H,9,10)(H,11,12)(H,13,14,15)/q3*+1;/p-3. The minimum absolute atomic E-state index is 0.453. The number of unbranched alkanes of at least 4 members (excludes halogenated alkanes) is 9. The number of hydrogen-bond donors (Lipinski definition) is 0. The van der Waals surface area contributed by atoms with Gasteiger partial charge < -0.3 is 37.8 Å². The van der Waals surface area contributed by atoms with E-state index in [2.05, 4.69) is 125 Å². The van der Waals surface area contributed by atoms with Crippen molar-refractivity contribution in [3.05, 3.63) is 29.3 Å². The first-order valence-corrected chi connectivity index (χ1v) is 31.7. The largest absolute Gasteiger partial charge is 0.744 e. The normalized spacial score (nSPS) is 12.5. The van der Waals surface area contributed by atoms with Crippen LogP contribution in [0.3, 0.4) is 0 Å². The molecule has 1 aromatic carbocycles. The first kappa shape index (κ1) is 75.2. The number of aromatic carboxylic acids is 2. The fourth-order valence-electron chi connectivity index (χ4n) is 11.4. The number of quaternary nitrogens is 3. The number of rotatable bonds is 39. The molecule has 0 amide bonds. The highest BCUT2D eigenvalue weighted by Gasteiger charge is 2.43. The average Bonchev–Trinajstić information content (AvgIpc) is 3.33. The highest BCUT2D eigenvalue weighted by atomic mass is 32.2. The second kappa shape index (κ2) is 40.2. The zero-order chi connectivity index (χ0) is 56.8. The Bertz CT molecular complexity index is 1450. The smallest absolute Gasteiger partial charge is 0.124 e. The highest BCUT2D eigenvalue weighted by Crippen LogP contribution is 2.35. The molecule has 434 valence electrons. The van der Waals surface area contributed by atoms with Crippen molar-refractivity contribution < 1.29 is 46.2 Å². The van der Waals surface area contributed by atoms with Crippen molar-refractivity contribution in [3.63, 3.8) is 0 Å². The number of carbonyl (C=O) groups is 2. The van der Waals surface area contributed by atoms with Gasteiger partial charge in [0, 0.05) is 19.3 Å². The van der Waals surface area contributed by atoms with E-state index < -0.39 is 38.1 Å². The molecular weight excluding hydrogens is 931 g/mol. The van der Waals surface area contributed by atoms with Crippen molar-refractivity contribution >= 4 is 22.1 Å². The van der Waals surface area contributed by atoms with Crippen LogP contribution in [-0.4, -0.2) is 114 Å². The third-order valence-electron chi connectivity index (χ3n) is 16.6. The Hall–Kier alpha value is -2.05. The lowest BCUT2D eigenvalue weighted by Gasteiger charge is -2.51. The summed E-state index contributed by atoms with van der Waals surface area (Å²) in [6, 6.07) is 1.67. The topological polar surface area (TPSA) is 137 Å². The molecule has 0 bridgehead atoms. The van der Waals surface area contributed by atoms with E-state index in [0.29, 0.717) is 34.8 Å². The van der Waals surface area contributed by atoms with E-state index in [1.54, 1.807) is 0 Å². The number of carboxylic acids is 2. The molecule has 11 heteroatoms. The van der Waals surface area contributed by atoms with Crippen molar-refractivity contribution in [2.75, 3.05) is 58.9 Å². The lowest BCUT2D eigenvalue weighted by atomic mass is 9.90. The van der Waals surface area contributed by atoms with Gasteiger partial charge in [-0.15, -0.1) is 0 Å². The van der Waals surface area contributed by atoms with Crippen LogP contribution in [0.25, 0.3) is 0 Å². The predicted octanol–water partition coefficient (Wildman–Crippen LogP) is 14.7. The van der Waals surface area contributed by atoms with Gasteiger partial charge in [0.1, 0.15) is 10.1 Å². The van der Waals surface area contributed by atoms with E-state index in [-0.39, 0.29) is 0 Å². The van der Waals surface area contributed by atoms with Crippen molar-refractivity contribution in [1.82, 2.24) is 0 Å². The molecule has 0 fully saturated rings. The summed E-state index contributed by atoms with van der Waals surface area (Å²) in [6.07, 6.45) is 32.6. The first-order valence-electron chi connectivity index (χ1n) is 30.3. The van der Waals surface area contributed by atoms with Gasteiger partial charge in [0.05, 0.1) is 92.4 Å². The summed E-state index contributed by atoms with van der Waals surface area (Å²) in [5, 5.41) is 20.9. The Morgan fingerprint density at radius 3 is 0.671 bits per heavy atom. The van der Waals surface area contributed by atoms with E-state index in [0.717, 1.165) is 0 Å². The minimum atomic E-state index is -4.95. The van der Waals surface area contributed by atoms with Crippen LogP contribution >= 0.6 is 0 Å². The molecule has 1 rings (SSSR count). The molecule has 0 saturated carbocycles. The van der Waals surface area contributed by atoms with Crippen LogP contribution in [0.5, 0.6) is 0 Å². The molecule has 0 aliphatic heterocycles. The fraction of sp³-hybridized carbons (Fsp3) is 0.871. The molecule has 0 aromatic heterocycles. The van der Waals surface area contributed by atoms with Crippen LogP contribution in [0, 0.1) is 0 Å². The van der Waals surface area contributed by atoms with Crippen LogP contribution in [0.15, 0.2) is 23.1 Å². The van der Waals surface area contributed by atoms with Gasteiger partial charge >= 0.3 is 0 Å². The highest BCUT2D eigenvalue weighted by molar-refractivity contribution is 7.85. The van der Waals surface area contributed by atoms with Gasteiger partial charge in [-0.3, -0.25) is 0 Å². The monoisotopic (exact) mass is 1050 g/mol. The lowest BCUT2D eigenvalue weighted by molar-refractivity contribution is -0.973. The van der Waals surface area contributed by atoms with Crippen LogP contribution < -0.4 is 10.2 Å². The maximum absolute atomic E-state index is 10.6. The van der Waals surface area contributed by atoms with Gasteiger partial charge in [0.2, 0.25) is 0 Å². The third kappa shape index (κ3) is 27.7. The van der Waals surface area contributed by atoms with Crippen molar-refractivity contribution in [3.8, 4) is 0 Å². The molecule has 0 unspecified atom stereocenters. The first-order chi connectivity index (χ1) is 34.2. The summed E-state index contributed by atoms with van der Waals surface area (Å²) in [5.74, 6) is -3.60. The molecule has 73 heavy (non-hydrogen) atoms. The van der Waals surface area contributed by atoms with Crippen LogP contribution in [0.4, 0.5) is 0 Å². The number of carboxylic acid groups (broad SMARTS) is 2. The molecule has 0 aliphatic rings. The Morgan fingerprint density at radius 1 is 0.370 bits per heavy atom. The van der Waals surface area contributed by atoms with Crippen LogP contribution in [-0.2, 0) is 10.1 Å². The maximum atomic E-state index is 10.6. The predicted molar refractivity (Wildman–Crippen MR) is 309 cm³/mol. The second-order valence-electron chi connectivity index (χ2n) is 23.6. The van der Waals surface area contributed by atoms with Gasteiger partial charge in [-0.25, -0.2) is 8.42 Å². The molecule has 0 saturated heterocycles. The molecular formula is C62H123N3O7S. The van der Waals surface area contributed by atoms with Crippen LogP contribution in [0.1, 0.15) is 299 Å². The van der Waals surface area contributed by atoms with E-state index >= 15 is 0 Å². The molecule has 0 atom stereocenters. The molecule has 0 radical (unpaired) electrons. The number of nitrogens with zero attached hydrogens (tertiary/aromatic N) is 3. The summed E-state index contributed by atoms with van der Waals surface area (Å²) >= 11 is 0. The maximum Gasteiger partial charge on any atom is 0.124 e. The third-order valence-corrected chi connectivity index (χ3v) is 17.4. The molecule has 10 nitrogen and oxygen atoms in total. The Kier molecular flexibility index (Phi) is 41.4. The molecule has 0 heterocycles. The number of benzene rings is 1. The summed E-state index contributed by atoms with van der Waals surface area (Å²) < 4.78 is 35.9. The molecule has 0 N–H and O–H groups in total. The summed E-state index contributed by atoms with van der Waals surface area (Å²) in [5.41, 5.74) is -0.0937. The zero-order valence-electron chi connectivity index (χ0n) is 51.7. The lowest BCUT2D eigenvalue weighted by Crippen LogP contribution is -2.62. The molecule has 0 aliphatic carbocycles. The fourth-order valence-corrected chi connectivity index (χ4v) is 11.9. The molecule has 1 aromatic rings. The Labute approximate surface area is 454 Å². The molecule has 0 spiro atoms. The van der Waals surface area contributed by atoms with Crippen molar-refractivity contribution in [2.45, 2.75) is 300 Å². The van der Waals surface area contributed by atoms with Crippen molar-refractivity contribution in [1.29, 1.82) is 0 Å². The SMILES string of the molecule is CCCC[N+](CCCC)(CCCC)C(C)(C)CCC.CCCC[N+](CCCC)(CCCC)C(C)(C)CCC.CCCC[N+](CCCC)(CCCC)C(C)(C)CCC.O=C([O-])c1cc(C(=O)[O-])cc(S(=O)(=O)[O-])c1. The van der Waals surface area contributed by atoms with E-state index in [1.807, 2.05) is 0 Å². The summed E-state index contributed by atoms with van der Waals surface area (Å²) in [4.78, 5) is 19.9. The number of carbonyl (C=O) groups excluding carboxylic acids is 2. The van der Waals surface area contributed by atoms with E-state index in [4.69, 9.17) is 0 Å². The average molecular weight is 1050 g/mol. The van der Waals surface area contributed by atoms with Gasteiger partial charge in [-0.1, -0.05) is 160 Å².